The number of nitrogens with zero attached hydrogens (tertiary/aromatic N) is 2. The van der Waals surface area contributed by atoms with Crippen LogP contribution in [0.15, 0.2) is 22.8 Å². The Morgan fingerprint density at radius 1 is 1.50 bits per heavy atom. The van der Waals surface area contributed by atoms with E-state index in [-0.39, 0.29) is 5.78 Å². The fourth-order valence-corrected chi connectivity index (χ4v) is 1.87. The number of carbonyl (C=O) groups is 1. The second-order valence-corrected chi connectivity index (χ2v) is 3.92. The number of hydrogen-bond acceptors (Lipinski definition) is 2. The van der Waals surface area contributed by atoms with Gasteiger partial charge in [0.15, 0.2) is 5.78 Å². The Morgan fingerprint density at radius 2 is 2.21 bits per heavy atom. The number of rotatable bonds is 1. The van der Waals surface area contributed by atoms with Gasteiger partial charge in [0, 0.05) is 18.0 Å². The molecule has 1 aromatic heterocycles. The topological polar surface area (TPSA) is 34.9 Å². The fraction of sp³-hybridized carbons (Fsp3) is 0.200. The van der Waals surface area contributed by atoms with Crippen LogP contribution in [0, 0.1) is 0 Å². The molecule has 0 amide bonds. The molecule has 1 heterocycles. The van der Waals surface area contributed by atoms with Crippen molar-refractivity contribution in [3.05, 3.63) is 28.4 Å². The molecule has 0 saturated carbocycles. The molecule has 0 unspecified atom stereocenters. The molecule has 2 aromatic rings. The van der Waals surface area contributed by atoms with Gasteiger partial charge in [-0.25, -0.2) is 0 Å². The van der Waals surface area contributed by atoms with Crippen molar-refractivity contribution >= 4 is 32.6 Å². The molecule has 4 heteroatoms. The van der Waals surface area contributed by atoms with Crippen molar-refractivity contribution in [1.29, 1.82) is 0 Å². The smallest absolute Gasteiger partial charge is 0.162 e. The van der Waals surface area contributed by atoms with Gasteiger partial charge in [-0.1, -0.05) is 6.07 Å². The fourth-order valence-electron chi connectivity index (χ4n) is 1.47. The van der Waals surface area contributed by atoms with E-state index in [0.29, 0.717) is 5.56 Å². The standard InChI is InChI=1S/C10H9BrN2O/c1-6(14)7-4-3-5-8-9(7)12-13(2)10(8)11/h3-5H,1-2H3. The van der Waals surface area contributed by atoms with Crippen LogP contribution in [0.5, 0.6) is 0 Å². The van der Waals surface area contributed by atoms with Crippen LogP contribution in [0.25, 0.3) is 10.9 Å². The van der Waals surface area contributed by atoms with E-state index in [0.717, 1.165) is 15.5 Å². The van der Waals surface area contributed by atoms with Crippen LogP contribution >= 0.6 is 15.9 Å². The van der Waals surface area contributed by atoms with Gasteiger partial charge in [0.1, 0.15) is 10.1 Å². The summed E-state index contributed by atoms with van der Waals surface area (Å²) in [7, 11) is 1.84. The predicted octanol–water partition coefficient (Wildman–Crippen LogP) is 2.54. The van der Waals surface area contributed by atoms with Gasteiger partial charge in [0.2, 0.25) is 0 Å². The summed E-state index contributed by atoms with van der Waals surface area (Å²) in [6.07, 6.45) is 0. The number of fused-ring (bicyclic) bond motifs is 1. The minimum atomic E-state index is 0.0428. The number of halogens is 1. The number of aryl methyl sites for hydroxylation is 1. The van der Waals surface area contributed by atoms with Crippen LogP contribution in [0.2, 0.25) is 0 Å². The third-order valence-corrected chi connectivity index (χ3v) is 3.11. The molecule has 0 aliphatic heterocycles. The molecule has 72 valence electrons. The average Bonchev–Trinajstić information content (AvgIpc) is 2.43. The number of hydrogen-bond donors (Lipinski definition) is 0. The lowest BCUT2D eigenvalue weighted by atomic mass is 10.1. The number of aromatic nitrogens is 2. The highest BCUT2D eigenvalue weighted by molar-refractivity contribution is 9.10. The van der Waals surface area contributed by atoms with Gasteiger partial charge in [0.05, 0.1) is 0 Å². The van der Waals surface area contributed by atoms with E-state index in [2.05, 4.69) is 21.0 Å². The van der Waals surface area contributed by atoms with Crippen molar-refractivity contribution in [2.75, 3.05) is 0 Å². The molecule has 1 aromatic carbocycles. The molecule has 0 spiro atoms. The maximum Gasteiger partial charge on any atom is 0.162 e. The van der Waals surface area contributed by atoms with Crippen molar-refractivity contribution in [2.45, 2.75) is 6.92 Å². The zero-order chi connectivity index (χ0) is 10.3. The second-order valence-electron chi connectivity index (χ2n) is 3.17. The van der Waals surface area contributed by atoms with Crippen molar-refractivity contribution in [2.24, 2.45) is 7.05 Å². The summed E-state index contributed by atoms with van der Waals surface area (Å²) >= 11 is 3.42. The van der Waals surface area contributed by atoms with Crippen molar-refractivity contribution in [3.63, 3.8) is 0 Å². The predicted molar refractivity (Wildman–Crippen MR) is 58.4 cm³/mol. The van der Waals surface area contributed by atoms with E-state index in [1.807, 2.05) is 19.2 Å². The van der Waals surface area contributed by atoms with Crippen LogP contribution in [0.3, 0.4) is 0 Å². The highest BCUT2D eigenvalue weighted by atomic mass is 79.9. The van der Waals surface area contributed by atoms with Crippen molar-refractivity contribution in [3.8, 4) is 0 Å². The number of benzene rings is 1. The lowest BCUT2D eigenvalue weighted by Crippen LogP contribution is -1.94. The van der Waals surface area contributed by atoms with Crippen LogP contribution in [0.1, 0.15) is 17.3 Å². The van der Waals surface area contributed by atoms with Gasteiger partial charge in [-0.3, -0.25) is 9.48 Å². The monoisotopic (exact) mass is 252 g/mol. The zero-order valence-corrected chi connectivity index (χ0v) is 9.50. The second kappa shape index (κ2) is 3.20. The van der Waals surface area contributed by atoms with Gasteiger partial charge < -0.3 is 0 Å². The van der Waals surface area contributed by atoms with E-state index in [1.165, 1.54) is 0 Å². The summed E-state index contributed by atoms with van der Waals surface area (Å²) in [5.74, 6) is 0.0428. The summed E-state index contributed by atoms with van der Waals surface area (Å²) in [5.41, 5.74) is 1.43. The molecule has 0 N–H and O–H groups in total. The van der Waals surface area contributed by atoms with Gasteiger partial charge in [-0.05, 0) is 35.0 Å². The number of carbonyl (C=O) groups excluding carboxylic acids is 1. The quantitative estimate of drug-likeness (QED) is 0.732. The van der Waals surface area contributed by atoms with Crippen molar-refractivity contribution in [1.82, 2.24) is 9.78 Å². The first-order valence-electron chi connectivity index (χ1n) is 4.23. The molecule has 0 aliphatic carbocycles. The summed E-state index contributed by atoms with van der Waals surface area (Å²) < 4.78 is 2.62. The first kappa shape index (κ1) is 9.40. The highest BCUT2D eigenvalue weighted by Crippen LogP contribution is 2.25. The van der Waals surface area contributed by atoms with Crippen LogP contribution in [-0.4, -0.2) is 15.6 Å². The van der Waals surface area contributed by atoms with E-state index in [4.69, 9.17) is 0 Å². The number of ketones is 1. The Labute approximate surface area is 89.8 Å². The number of Topliss-reactive ketones (excluding diaryl/α,β-unsaturated/α-hetero) is 1. The summed E-state index contributed by atoms with van der Waals surface area (Å²) in [4.78, 5) is 11.3. The van der Waals surface area contributed by atoms with E-state index >= 15 is 0 Å². The Balaban J connectivity index is 2.88. The molecule has 3 nitrogen and oxygen atoms in total. The molecule has 0 fully saturated rings. The van der Waals surface area contributed by atoms with Crippen LogP contribution in [0.4, 0.5) is 0 Å². The van der Waals surface area contributed by atoms with E-state index < -0.39 is 0 Å². The minimum absolute atomic E-state index is 0.0428. The summed E-state index contributed by atoms with van der Waals surface area (Å²) in [6.45, 7) is 1.55. The Kier molecular flexibility index (Phi) is 2.15. The SMILES string of the molecule is CC(=O)c1cccc2c(Br)n(C)nc12. The third kappa shape index (κ3) is 1.26. The molecule has 2 rings (SSSR count). The lowest BCUT2D eigenvalue weighted by molar-refractivity contribution is 0.101. The normalized spacial score (nSPS) is 10.8. The molecule has 0 radical (unpaired) electrons. The Bertz CT molecular complexity index is 516. The zero-order valence-electron chi connectivity index (χ0n) is 7.91. The minimum Gasteiger partial charge on any atom is -0.294 e. The molecule has 0 aliphatic rings. The average molecular weight is 253 g/mol. The maximum atomic E-state index is 11.3. The van der Waals surface area contributed by atoms with Crippen LogP contribution < -0.4 is 0 Å². The molecule has 0 saturated heterocycles. The molecular weight excluding hydrogens is 244 g/mol. The maximum absolute atomic E-state index is 11.3. The summed E-state index contributed by atoms with van der Waals surface area (Å²) in [6, 6.07) is 5.61. The molecular formula is C10H9BrN2O. The highest BCUT2D eigenvalue weighted by Gasteiger charge is 2.11. The van der Waals surface area contributed by atoms with Gasteiger partial charge in [0.25, 0.3) is 0 Å². The van der Waals surface area contributed by atoms with Gasteiger partial charge in [-0.2, -0.15) is 5.10 Å². The van der Waals surface area contributed by atoms with Crippen LogP contribution in [-0.2, 0) is 7.05 Å². The Hall–Kier alpha value is -1.16. The van der Waals surface area contributed by atoms with E-state index in [1.54, 1.807) is 17.7 Å². The Morgan fingerprint density at radius 3 is 2.86 bits per heavy atom. The first-order valence-corrected chi connectivity index (χ1v) is 5.02. The molecule has 0 atom stereocenters. The summed E-state index contributed by atoms with van der Waals surface area (Å²) in [5, 5.41) is 5.26. The van der Waals surface area contributed by atoms with E-state index in [9.17, 15) is 4.79 Å². The van der Waals surface area contributed by atoms with Gasteiger partial charge >= 0.3 is 0 Å². The molecule has 14 heavy (non-hydrogen) atoms. The first-order chi connectivity index (χ1) is 6.61. The third-order valence-electron chi connectivity index (χ3n) is 2.17. The van der Waals surface area contributed by atoms with Gasteiger partial charge in [-0.15, -0.1) is 0 Å². The van der Waals surface area contributed by atoms with Crippen molar-refractivity contribution < 1.29 is 4.79 Å². The molecule has 0 bridgehead atoms. The largest absolute Gasteiger partial charge is 0.294 e. The lowest BCUT2D eigenvalue weighted by Gasteiger charge is -1.95.